The zero-order valence-electron chi connectivity index (χ0n) is 13.2. The first kappa shape index (κ1) is 15.6. The molecule has 120 valence electrons. The first-order valence-electron chi connectivity index (χ1n) is 7.26. The van der Waals surface area contributed by atoms with Crippen LogP contribution >= 0.6 is 11.6 Å². The van der Waals surface area contributed by atoms with Gasteiger partial charge in [0, 0.05) is 31.7 Å². The van der Waals surface area contributed by atoms with Gasteiger partial charge < -0.3 is 10.5 Å². The molecule has 2 heterocycles. The smallest absolute Gasteiger partial charge is 0.205 e. The van der Waals surface area contributed by atoms with E-state index < -0.39 is 5.92 Å². The molecule has 1 aliphatic heterocycles. The lowest BCUT2D eigenvalue weighted by Gasteiger charge is -2.36. The number of nitriles is 1. The minimum absolute atomic E-state index is 0.0171. The van der Waals surface area contributed by atoms with Gasteiger partial charge in [0.25, 0.3) is 0 Å². The van der Waals surface area contributed by atoms with Crippen molar-refractivity contribution in [3.63, 3.8) is 0 Å². The van der Waals surface area contributed by atoms with Gasteiger partial charge in [-0.2, -0.15) is 10.4 Å². The van der Waals surface area contributed by atoms with Gasteiger partial charge in [-0.3, -0.25) is 9.48 Å². The SMILES string of the molecule is Cn1cc(Cl)c([C@@H]2C(C#N)=C(N)OC3=C2C(=O)CC(C)(C)C3)n1. The molecule has 0 saturated carbocycles. The van der Waals surface area contributed by atoms with Crippen molar-refractivity contribution in [1.82, 2.24) is 9.78 Å². The first-order chi connectivity index (χ1) is 10.7. The van der Waals surface area contributed by atoms with Gasteiger partial charge in [0.05, 0.1) is 16.6 Å². The molecule has 0 bridgehead atoms. The Morgan fingerprint density at radius 2 is 2.22 bits per heavy atom. The number of rotatable bonds is 1. The summed E-state index contributed by atoms with van der Waals surface area (Å²) in [6, 6.07) is 2.05. The molecule has 3 rings (SSSR count). The summed E-state index contributed by atoms with van der Waals surface area (Å²) in [7, 11) is 1.73. The van der Waals surface area contributed by atoms with E-state index in [1.807, 2.05) is 19.9 Å². The van der Waals surface area contributed by atoms with Crippen LogP contribution in [0.3, 0.4) is 0 Å². The summed E-state index contributed by atoms with van der Waals surface area (Å²) in [4.78, 5) is 12.7. The second-order valence-electron chi connectivity index (χ2n) is 6.74. The lowest BCUT2D eigenvalue weighted by molar-refractivity contribution is -0.119. The molecule has 2 aliphatic rings. The maximum atomic E-state index is 12.7. The highest BCUT2D eigenvalue weighted by molar-refractivity contribution is 6.31. The molecular formula is C16H17ClN4O2. The van der Waals surface area contributed by atoms with Crippen LogP contribution < -0.4 is 5.73 Å². The van der Waals surface area contributed by atoms with Crippen LogP contribution in [-0.2, 0) is 16.6 Å². The third-order valence-corrected chi connectivity index (χ3v) is 4.45. The van der Waals surface area contributed by atoms with E-state index in [0.717, 1.165) is 0 Å². The van der Waals surface area contributed by atoms with E-state index in [0.29, 0.717) is 34.9 Å². The molecule has 1 aromatic rings. The molecule has 2 N–H and O–H groups in total. The number of halogens is 1. The Balaban J connectivity index is 2.22. The summed E-state index contributed by atoms with van der Waals surface area (Å²) in [6.07, 6.45) is 2.60. The van der Waals surface area contributed by atoms with Crippen molar-refractivity contribution in [2.24, 2.45) is 18.2 Å². The Kier molecular flexibility index (Phi) is 3.49. The minimum atomic E-state index is -0.666. The Morgan fingerprint density at radius 3 is 2.78 bits per heavy atom. The molecular weight excluding hydrogens is 316 g/mol. The van der Waals surface area contributed by atoms with Gasteiger partial charge in [-0.05, 0) is 5.41 Å². The van der Waals surface area contributed by atoms with Gasteiger partial charge in [-0.25, -0.2) is 0 Å². The highest BCUT2D eigenvalue weighted by Gasteiger charge is 2.44. The van der Waals surface area contributed by atoms with E-state index in [-0.39, 0.29) is 22.7 Å². The number of hydrogen-bond acceptors (Lipinski definition) is 5. The molecule has 0 aromatic carbocycles. The number of Topliss-reactive ketones (excluding diaryl/α,β-unsaturated/α-hetero) is 1. The van der Waals surface area contributed by atoms with Crippen molar-refractivity contribution in [3.05, 3.63) is 39.7 Å². The van der Waals surface area contributed by atoms with Crippen molar-refractivity contribution in [3.8, 4) is 6.07 Å². The topological polar surface area (TPSA) is 93.9 Å². The summed E-state index contributed by atoms with van der Waals surface area (Å²) in [5, 5.41) is 14.2. The molecule has 23 heavy (non-hydrogen) atoms. The molecule has 1 aromatic heterocycles. The van der Waals surface area contributed by atoms with Gasteiger partial charge in [0.2, 0.25) is 5.88 Å². The summed E-state index contributed by atoms with van der Waals surface area (Å²) >= 11 is 6.25. The number of aromatic nitrogens is 2. The fourth-order valence-corrected chi connectivity index (χ4v) is 3.52. The number of hydrogen-bond donors (Lipinski definition) is 1. The van der Waals surface area contributed by atoms with Crippen LogP contribution in [0, 0.1) is 16.7 Å². The second kappa shape index (κ2) is 5.14. The van der Waals surface area contributed by atoms with Crippen molar-refractivity contribution in [1.29, 1.82) is 5.26 Å². The van der Waals surface area contributed by atoms with Crippen LogP contribution in [0.5, 0.6) is 0 Å². The predicted octanol–water partition coefficient (Wildman–Crippen LogP) is 2.52. The van der Waals surface area contributed by atoms with E-state index in [2.05, 4.69) is 5.10 Å². The van der Waals surface area contributed by atoms with Gasteiger partial charge in [-0.1, -0.05) is 25.4 Å². The monoisotopic (exact) mass is 332 g/mol. The van der Waals surface area contributed by atoms with E-state index in [9.17, 15) is 10.1 Å². The fourth-order valence-electron chi connectivity index (χ4n) is 3.23. The average Bonchev–Trinajstić information content (AvgIpc) is 2.74. The Labute approximate surface area is 139 Å². The molecule has 0 fully saturated rings. The quantitative estimate of drug-likeness (QED) is 0.852. The van der Waals surface area contributed by atoms with Crippen LogP contribution in [0.15, 0.2) is 29.0 Å². The Bertz CT molecular complexity index is 811. The molecule has 6 nitrogen and oxygen atoms in total. The number of aryl methyl sites for hydroxylation is 1. The maximum absolute atomic E-state index is 12.7. The van der Waals surface area contributed by atoms with E-state index >= 15 is 0 Å². The molecule has 7 heteroatoms. The third-order valence-electron chi connectivity index (χ3n) is 4.16. The highest BCUT2D eigenvalue weighted by Crippen LogP contribution is 2.48. The molecule has 0 spiro atoms. The van der Waals surface area contributed by atoms with Crippen molar-refractivity contribution >= 4 is 17.4 Å². The third kappa shape index (κ3) is 2.51. The van der Waals surface area contributed by atoms with Crippen LogP contribution in [0.25, 0.3) is 0 Å². The van der Waals surface area contributed by atoms with Gasteiger partial charge in [0.1, 0.15) is 17.4 Å². The van der Waals surface area contributed by atoms with Crippen LogP contribution in [0.2, 0.25) is 5.02 Å². The van der Waals surface area contributed by atoms with Crippen molar-refractivity contribution in [2.75, 3.05) is 0 Å². The highest BCUT2D eigenvalue weighted by atomic mass is 35.5. The summed E-state index contributed by atoms with van der Waals surface area (Å²) < 4.78 is 7.17. The average molecular weight is 333 g/mol. The number of carbonyl (C=O) groups excluding carboxylic acids is 1. The van der Waals surface area contributed by atoms with E-state index in [1.165, 1.54) is 0 Å². The lowest BCUT2D eigenvalue weighted by Crippen LogP contribution is -2.33. The molecule has 0 saturated heterocycles. The number of ether oxygens (including phenoxy) is 1. The van der Waals surface area contributed by atoms with Crippen LogP contribution in [0.1, 0.15) is 38.3 Å². The van der Waals surface area contributed by atoms with E-state index in [4.69, 9.17) is 22.1 Å². The van der Waals surface area contributed by atoms with Crippen LogP contribution in [-0.4, -0.2) is 15.6 Å². The standard InChI is InChI=1S/C16H17ClN4O2/c1-16(2)4-10(22)13-11(5-16)23-15(19)8(6-18)12(13)14-9(17)7-21(3)20-14/h7,12H,4-5,19H2,1-3H3/t12-/m1/s1. The number of carbonyl (C=O) groups is 1. The zero-order chi connectivity index (χ0) is 16.9. The number of ketones is 1. The van der Waals surface area contributed by atoms with Crippen molar-refractivity contribution < 1.29 is 9.53 Å². The van der Waals surface area contributed by atoms with E-state index in [1.54, 1.807) is 17.9 Å². The molecule has 0 radical (unpaired) electrons. The van der Waals surface area contributed by atoms with Gasteiger partial charge in [0.15, 0.2) is 5.78 Å². The minimum Gasteiger partial charge on any atom is -0.444 e. The summed E-state index contributed by atoms with van der Waals surface area (Å²) in [5.74, 6) is -0.179. The second-order valence-corrected chi connectivity index (χ2v) is 7.15. The number of nitrogens with zero attached hydrogens (tertiary/aromatic N) is 3. The first-order valence-corrected chi connectivity index (χ1v) is 7.64. The molecule has 0 amide bonds. The number of nitrogens with two attached hydrogens (primary N) is 1. The van der Waals surface area contributed by atoms with Gasteiger partial charge >= 0.3 is 0 Å². The molecule has 1 aliphatic carbocycles. The summed E-state index contributed by atoms with van der Waals surface area (Å²) in [6.45, 7) is 4.00. The maximum Gasteiger partial charge on any atom is 0.205 e. The largest absolute Gasteiger partial charge is 0.444 e. The molecule has 1 atom stereocenters. The Hall–Kier alpha value is -2.26. The zero-order valence-corrected chi connectivity index (χ0v) is 13.9. The van der Waals surface area contributed by atoms with Gasteiger partial charge in [-0.15, -0.1) is 0 Å². The Morgan fingerprint density at radius 1 is 1.52 bits per heavy atom. The predicted molar refractivity (Wildman–Crippen MR) is 83.9 cm³/mol. The summed E-state index contributed by atoms with van der Waals surface area (Å²) in [5.41, 5.74) is 6.81. The normalized spacial score (nSPS) is 23.4. The fraction of sp³-hybridized carbons (Fsp3) is 0.438. The molecule has 0 unspecified atom stereocenters. The van der Waals surface area contributed by atoms with Crippen LogP contribution in [0.4, 0.5) is 0 Å². The number of allylic oxidation sites excluding steroid dienone is 3. The van der Waals surface area contributed by atoms with Crippen molar-refractivity contribution in [2.45, 2.75) is 32.6 Å². The lowest BCUT2D eigenvalue weighted by atomic mass is 9.71.